The summed E-state index contributed by atoms with van der Waals surface area (Å²) >= 11 is 0.970. The highest BCUT2D eigenvalue weighted by Crippen LogP contribution is 2.31. The third-order valence-corrected chi connectivity index (χ3v) is 6.17. The highest BCUT2D eigenvalue weighted by molar-refractivity contribution is 8.01. The van der Waals surface area contributed by atoms with Gasteiger partial charge in [0.25, 0.3) is 5.56 Å². The molecule has 0 aliphatic heterocycles. The molecule has 1 N–H and O–H groups in total. The predicted octanol–water partition coefficient (Wildman–Crippen LogP) is 3.51. The van der Waals surface area contributed by atoms with E-state index in [-0.39, 0.29) is 22.3 Å². The number of carbonyl (C=O) groups is 2. The van der Waals surface area contributed by atoms with E-state index in [1.54, 1.807) is 24.3 Å². The Hall–Kier alpha value is -3.39. The van der Waals surface area contributed by atoms with Crippen LogP contribution in [0.25, 0.3) is 27.6 Å². The Kier molecular flexibility index (Phi) is 5.17. The van der Waals surface area contributed by atoms with Crippen LogP contribution in [0, 0.1) is 0 Å². The van der Waals surface area contributed by atoms with Crippen molar-refractivity contribution in [3.63, 3.8) is 0 Å². The topological polar surface area (TPSA) is 94.0 Å². The summed E-state index contributed by atoms with van der Waals surface area (Å²) in [5.74, 6) is -0.124. The van der Waals surface area contributed by atoms with Crippen LogP contribution >= 0.6 is 11.8 Å². The smallest absolute Gasteiger partial charge is 0.283 e. The summed E-state index contributed by atoms with van der Waals surface area (Å²) in [4.78, 5) is 45.6. The van der Waals surface area contributed by atoms with Crippen LogP contribution in [0.5, 0.6) is 5.75 Å². The molecule has 152 valence electrons. The van der Waals surface area contributed by atoms with Crippen molar-refractivity contribution in [2.75, 3.05) is 7.11 Å². The second kappa shape index (κ2) is 7.79. The first-order valence-corrected chi connectivity index (χ1v) is 10.1. The predicted molar refractivity (Wildman–Crippen MR) is 117 cm³/mol. The molecule has 0 saturated carbocycles. The number of hydrogen-bond acceptors (Lipinski definition) is 6. The minimum atomic E-state index is -0.958. The van der Waals surface area contributed by atoms with Gasteiger partial charge in [-0.15, -0.1) is 0 Å². The SMILES string of the molecule is COc1ccccc1-n1c(SC(C(C)=O)C(C)=O)nc2c([nH]c3ccccc32)c1=O. The highest BCUT2D eigenvalue weighted by atomic mass is 32.2. The second-order valence-electron chi connectivity index (χ2n) is 6.82. The van der Waals surface area contributed by atoms with E-state index in [4.69, 9.17) is 9.72 Å². The lowest BCUT2D eigenvalue weighted by Crippen LogP contribution is -2.27. The van der Waals surface area contributed by atoms with E-state index in [0.29, 0.717) is 22.5 Å². The number of para-hydroxylation sites is 3. The molecule has 0 fully saturated rings. The number of aromatic amines is 1. The summed E-state index contributed by atoms with van der Waals surface area (Å²) in [5.41, 5.74) is 1.75. The molecule has 30 heavy (non-hydrogen) atoms. The molecular weight excluding hydrogens is 402 g/mol. The van der Waals surface area contributed by atoms with Gasteiger partial charge in [-0.25, -0.2) is 9.55 Å². The van der Waals surface area contributed by atoms with Crippen LogP contribution in [-0.4, -0.2) is 38.5 Å². The number of aromatic nitrogens is 3. The van der Waals surface area contributed by atoms with Crippen LogP contribution in [0.3, 0.4) is 0 Å². The van der Waals surface area contributed by atoms with E-state index in [1.807, 2.05) is 24.3 Å². The number of thioether (sulfide) groups is 1. The van der Waals surface area contributed by atoms with Crippen molar-refractivity contribution in [3.05, 3.63) is 58.9 Å². The molecule has 0 spiro atoms. The number of methoxy groups -OCH3 is 1. The van der Waals surface area contributed by atoms with Crippen LogP contribution in [0.4, 0.5) is 0 Å². The summed E-state index contributed by atoms with van der Waals surface area (Å²) in [5, 5.41) is 0.0819. The van der Waals surface area contributed by atoms with Crippen LogP contribution in [0.15, 0.2) is 58.5 Å². The van der Waals surface area contributed by atoms with Gasteiger partial charge in [-0.05, 0) is 32.0 Å². The Bertz CT molecular complexity index is 1340. The first-order chi connectivity index (χ1) is 14.4. The standard InChI is InChI=1S/C22H19N3O4S/c1-12(26)20(13(2)27)30-22-24-18-14-8-4-5-9-15(14)23-19(18)21(28)25(22)16-10-6-7-11-17(16)29-3/h4-11,20,23H,1-3H3. The molecule has 0 unspecified atom stereocenters. The third-order valence-electron chi connectivity index (χ3n) is 4.78. The van der Waals surface area contributed by atoms with Gasteiger partial charge in [0, 0.05) is 10.9 Å². The number of benzene rings is 2. The Morgan fingerprint density at radius 3 is 2.43 bits per heavy atom. The van der Waals surface area contributed by atoms with Crippen molar-refractivity contribution in [1.29, 1.82) is 0 Å². The zero-order valence-corrected chi connectivity index (χ0v) is 17.4. The van der Waals surface area contributed by atoms with Crippen molar-refractivity contribution >= 4 is 45.3 Å². The molecule has 2 aromatic carbocycles. The van der Waals surface area contributed by atoms with Crippen LogP contribution in [0.2, 0.25) is 0 Å². The number of ketones is 2. The summed E-state index contributed by atoms with van der Waals surface area (Å²) in [6.07, 6.45) is 0. The van der Waals surface area contributed by atoms with Crippen molar-refractivity contribution in [2.24, 2.45) is 0 Å². The van der Waals surface area contributed by atoms with Crippen LogP contribution in [-0.2, 0) is 9.59 Å². The van der Waals surface area contributed by atoms with E-state index in [9.17, 15) is 14.4 Å². The quantitative estimate of drug-likeness (QED) is 0.291. The Labute approximate surface area is 176 Å². The summed E-state index contributed by atoms with van der Waals surface area (Å²) < 4.78 is 6.83. The first-order valence-electron chi connectivity index (χ1n) is 9.26. The van der Waals surface area contributed by atoms with Gasteiger partial charge in [0.15, 0.2) is 16.7 Å². The highest BCUT2D eigenvalue weighted by Gasteiger charge is 2.26. The van der Waals surface area contributed by atoms with Crippen molar-refractivity contribution < 1.29 is 14.3 Å². The largest absolute Gasteiger partial charge is 0.495 e. The number of ether oxygens (including phenoxy) is 1. The van der Waals surface area contributed by atoms with Gasteiger partial charge < -0.3 is 9.72 Å². The minimum absolute atomic E-state index is 0.247. The van der Waals surface area contributed by atoms with Crippen molar-refractivity contribution in [2.45, 2.75) is 24.3 Å². The number of nitrogens with one attached hydrogen (secondary N) is 1. The number of hydrogen-bond donors (Lipinski definition) is 1. The molecule has 0 amide bonds. The Morgan fingerprint density at radius 1 is 1.07 bits per heavy atom. The number of H-pyrrole nitrogens is 1. The average molecular weight is 421 g/mol. The average Bonchev–Trinajstić information content (AvgIpc) is 3.11. The number of nitrogens with zero attached hydrogens (tertiary/aromatic N) is 2. The van der Waals surface area contributed by atoms with Crippen LogP contribution in [0.1, 0.15) is 13.8 Å². The molecule has 2 aromatic heterocycles. The van der Waals surface area contributed by atoms with E-state index in [2.05, 4.69) is 4.98 Å². The van der Waals surface area contributed by atoms with E-state index in [0.717, 1.165) is 22.7 Å². The number of Topliss-reactive ketones (excluding diaryl/α,β-unsaturated/α-hetero) is 2. The van der Waals surface area contributed by atoms with E-state index in [1.165, 1.54) is 25.5 Å². The fourth-order valence-corrected chi connectivity index (χ4v) is 4.38. The molecule has 0 saturated heterocycles. The van der Waals surface area contributed by atoms with Gasteiger partial charge in [0.05, 0.1) is 12.8 Å². The normalized spacial score (nSPS) is 11.3. The lowest BCUT2D eigenvalue weighted by Gasteiger charge is -2.17. The van der Waals surface area contributed by atoms with Gasteiger partial charge in [-0.1, -0.05) is 42.1 Å². The first kappa shape index (κ1) is 19.9. The van der Waals surface area contributed by atoms with Crippen molar-refractivity contribution in [3.8, 4) is 11.4 Å². The zero-order valence-electron chi connectivity index (χ0n) is 16.6. The molecule has 2 heterocycles. The summed E-state index contributed by atoms with van der Waals surface area (Å²) in [7, 11) is 1.51. The van der Waals surface area contributed by atoms with Crippen molar-refractivity contribution in [1.82, 2.24) is 14.5 Å². The number of fused-ring (bicyclic) bond motifs is 3. The number of rotatable bonds is 6. The summed E-state index contributed by atoms with van der Waals surface area (Å²) in [6, 6.07) is 14.5. The van der Waals surface area contributed by atoms with Gasteiger partial charge in [-0.3, -0.25) is 14.4 Å². The Balaban J connectivity index is 2.08. The molecule has 7 nitrogen and oxygen atoms in total. The van der Waals surface area contributed by atoms with Gasteiger partial charge >= 0.3 is 0 Å². The lowest BCUT2D eigenvalue weighted by molar-refractivity contribution is -0.123. The van der Waals surface area contributed by atoms with E-state index >= 15 is 0 Å². The maximum absolute atomic E-state index is 13.6. The molecular formula is C22H19N3O4S. The molecule has 4 rings (SSSR count). The lowest BCUT2D eigenvalue weighted by atomic mass is 10.2. The minimum Gasteiger partial charge on any atom is -0.495 e. The molecule has 8 heteroatoms. The van der Waals surface area contributed by atoms with Gasteiger partial charge in [-0.2, -0.15) is 0 Å². The third kappa shape index (κ3) is 3.29. The Morgan fingerprint density at radius 2 is 1.73 bits per heavy atom. The molecule has 4 aromatic rings. The monoisotopic (exact) mass is 421 g/mol. The summed E-state index contributed by atoms with van der Waals surface area (Å²) in [6.45, 7) is 2.71. The molecule has 0 radical (unpaired) electrons. The van der Waals surface area contributed by atoms with Gasteiger partial charge in [0.1, 0.15) is 22.0 Å². The van der Waals surface area contributed by atoms with Gasteiger partial charge in [0.2, 0.25) is 0 Å². The fourth-order valence-electron chi connectivity index (χ4n) is 3.41. The second-order valence-corrected chi connectivity index (χ2v) is 7.89. The zero-order chi connectivity index (χ0) is 21.4. The maximum atomic E-state index is 13.6. The van der Waals surface area contributed by atoms with E-state index < -0.39 is 5.25 Å². The number of carbonyl (C=O) groups excluding carboxylic acids is 2. The van der Waals surface area contributed by atoms with Crippen LogP contribution < -0.4 is 10.3 Å². The molecule has 0 bridgehead atoms. The molecule has 0 aliphatic rings. The molecule has 0 aliphatic carbocycles. The molecule has 0 atom stereocenters. The fraction of sp³-hybridized carbons (Fsp3) is 0.182. The maximum Gasteiger partial charge on any atom is 0.283 e.